The van der Waals surface area contributed by atoms with E-state index in [-0.39, 0.29) is 11.8 Å². The van der Waals surface area contributed by atoms with Crippen LogP contribution in [0, 0.1) is 0 Å². The number of nitrogens with zero attached hydrogens (tertiary/aromatic N) is 1. The molecule has 0 atom stereocenters. The Balaban J connectivity index is 1.36. The molecule has 2 heterocycles. The van der Waals surface area contributed by atoms with Gasteiger partial charge in [0.1, 0.15) is 0 Å². The molecule has 1 aliphatic heterocycles. The number of hydrogen-bond acceptors (Lipinski definition) is 4. The molecule has 1 aromatic heterocycles. The Morgan fingerprint density at radius 1 is 1.04 bits per heavy atom. The summed E-state index contributed by atoms with van der Waals surface area (Å²) in [7, 11) is 0. The summed E-state index contributed by atoms with van der Waals surface area (Å²) in [4.78, 5) is 27.7. The second-order valence-corrected chi connectivity index (χ2v) is 7.89. The first-order valence-corrected chi connectivity index (χ1v) is 10.5. The summed E-state index contributed by atoms with van der Waals surface area (Å²) in [5.74, 6) is 0.00728. The van der Waals surface area contributed by atoms with Crippen LogP contribution in [0.5, 0.6) is 0 Å². The maximum absolute atomic E-state index is 12.2. The van der Waals surface area contributed by atoms with Crippen LogP contribution in [0.3, 0.4) is 0 Å². The largest absolute Gasteiger partial charge is 0.352 e. The lowest BCUT2D eigenvalue weighted by Gasteiger charge is -2.14. The maximum atomic E-state index is 12.2. The third kappa shape index (κ3) is 6.48. The molecule has 0 spiro atoms. The fraction of sp³-hybridized carbons (Fsp3) is 0.429. The summed E-state index contributed by atoms with van der Waals surface area (Å²) in [6, 6.07) is 11.5. The molecule has 0 bridgehead atoms. The van der Waals surface area contributed by atoms with Gasteiger partial charge in [0.15, 0.2) is 0 Å². The predicted molar refractivity (Wildman–Crippen MR) is 109 cm³/mol. The first-order valence-electron chi connectivity index (χ1n) is 9.59. The molecule has 3 rings (SSSR count). The molecule has 1 saturated heterocycles. The molecule has 0 saturated carbocycles. The lowest BCUT2D eigenvalue weighted by molar-refractivity contribution is -0.121. The van der Waals surface area contributed by atoms with Gasteiger partial charge in [-0.15, -0.1) is 11.3 Å². The van der Waals surface area contributed by atoms with Gasteiger partial charge in [-0.3, -0.25) is 9.59 Å². The molecule has 2 N–H and O–H groups in total. The van der Waals surface area contributed by atoms with Crippen molar-refractivity contribution in [2.45, 2.75) is 32.2 Å². The Morgan fingerprint density at radius 2 is 1.81 bits per heavy atom. The van der Waals surface area contributed by atoms with Crippen molar-refractivity contribution in [1.82, 2.24) is 15.5 Å². The molecule has 0 aliphatic carbocycles. The van der Waals surface area contributed by atoms with Gasteiger partial charge in [0.05, 0.1) is 0 Å². The Hall–Kier alpha value is -2.18. The van der Waals surface area contributed by atoms with Crippen molar-refractivity contribution in [3.8, 4) is 0 Å². The number of hydrogen-bond donors (Lipinski definition) is 2. The SMILES string of the molecule is O=C(CCc1cccs1)NCc1ccc(C(=O)NCCN2CCCC2)cc1. The van der Waals surface area contributed by atoms with E-state index >= 15 is 0 Å². The van der Waals surface area contributed by atoms with Crippen molar-refractivity contribution in [3.63, 3.8) is 0 Å². The molecule has 2 aromatic rings. The van der Waals surface area contributed by atoms with Gasteiger partial charge in [-0.05, 0) is 61.5 Å². The van der Waals surface area contributed by atoms with Gasteiger partial charge in [-0.25, -0.2) is 0 Å². The van der Waals surface area contributed by atoms with Gasteiger partial charge in [-0.2, -0.15) is 0 Å². The van der Waals surface area contributed by atoms with E-state index in [1.165, 1.54) is 17.7 Å². The number of carbonyl (C=O) groups excluding carboxylic acids is 2. The van der Waals surface area contributed by atoms with Crippen LogP contribution in [0.2, 0.25) is 0 Å². The lowest BCUT2D eigenvalue weighted by Crippen LogP contribution is -2.33. The molecule has 2 amide bonds. The van der Waals surface area contributed by atoms with Crippen molar-refractivity contribution < 1.29 is 9.59 Å². The lowest BCUT2D eigenvalue weighted by atomic mass is 10.1. The normalized spacial score (nSPS) is 14.2. The third-order valence-electron chi connectivity index (χ3n) is 4.80. The zero-order chi connectivity index (χ0) is 18.9. The number of carbonyl (C=O) groups is 2. The number of rotatable bonds is 9. The van der Waals surface area contributed by atoms with Crippen LogP contribution in [-0.2, 0) is 17.8 Å². The summed E-state index contributed by atoms with van der Waals surface area (Å²) in [5.41, 5.74) is 1.65. The summed E-state index contributed by atoms with van der Waals surface area (Å²) < 4.78 is 0. The van der Waals surface area contributed by atoms with E-state index in [9.17, 15) is 9.59 Å². The highest BCUT2D eigenvalue weighted by atomic mass is 32.1. The van der Waals surface area contributed by atoms with Crippen LogP contribution >= 0.6 is 11.3 Å². The van der Waals surface area contributed by atoms with E-state index in [4.69, 9.17) is 0 Å². The molecular weight excluding hydrogens is 358 g/mol. The minimum atomic E-state index is -0.0410. The van der Waals surface area contributed by atoms with E-state index in [0.29, 0.717) is 25.1 Å². The fourth-order valence-electron chi connectivity index (χ4n) is 3.19. The van der Waals surface area contributed by atoms with E-state index < -0.39 is 0 Å². The van der Waals surface area contributed by atoms with E-state index in [0.717, 1.165) is 31.6 Å². The smallest absolute Gasteiger partial charge is 0.251 e. The minimum absolute atomic E-state index is 0.0410. The van der Waals surface area contributed by atoms with Crippen LogP contribution in [0.25, 0.3) is 0 Å². The molecule has 144 valence electrons. The predicted octanol–water partition coefficient (Wildman–Crippen LogP) is 2.82. The summed E-state index contributed by atoms with van der Waals surface area (Å²) in [6.07, 6.45) is 3.80. The highest BCUT2D eigenvalue weighted by molar-refractivity contribution is 7.09. The third-order valence-corrected chi connectivity index (χ3v) is 5.73. The Bertz CT molecular complexity index is 722. The number of thiophene rings is 1. The van der Waals surface area contributed by atoms with Gasteiger partial charge in [-0.1, -0.05) is 18.2 Å². The van der Waals surface area contributed by atoms with Gasteiger partial charge in [0, 0.05) is 36.5 Å². The van der Waals surface area contributed by atoms with Crippen molar-refractivity contribution in [1.29, 1.82) is 0 Å². The minimum Gasteiger partial charge on any atom is -0.352 e. The standard InChI is InChI=1S/C21H27N3O2S/c25-20(10-9-19-4-3-15-27-19)23-16-17-5-7-18(8-6-17)21(26)22-11-14-24-12-1-2-13-24/h3-8,15H,1-2,9-14,16H2,(H,22,26)(H,23,25). The average molecular weight is 386 g/mol. The van der Waals surface area contributed by atoms with Gasteiger partial charge in [0.25, 0.3) is 5.91 Å². The maximum Gasteiger partial charge on any atom is 0.251 e. The van der Waals surface area contributed by atoms with E-state index in [1.54, 1.807) is 11.3 Å². The average Bonchev–Trinajstić information content (AvgIpc) is 3.39. The second-order valence-electron chi connectivity index (χ2n) is 6.86. The molecule has 6 heteroatoms. The molecule has 27 heavy (non-hydrogen) atoms. The Morgan fingerprint density at radius 3 is 2.52 bits per heavy atom. The fourth-order valence-corrected chi connectivity index (χ4v) is 3.90. The molecule has 1 aromatic carbocycles. The van der Waals surface area contributed by atoms with E-state index in [1.807, 2.05) is 41.8 Å². The van der Waals surface area contributed by atoms with Gasteiger partial charge < -0.3 is 15.5 Å². The Kier molecular flexibility index (Phi) is 7.42. The number of benzene rings is 1. The summed E-state index contributed by atoms with van der Waals surface area (Å²) in [6.45, 7) is 4.37. The molecule has 1 aliphatic rings. The van der Waals surface area contributed by atoms with Crippen LogP contribution < -0.4 is 10.6 Å². The first-order chi connectivity index (χ1) is 13.2. The van der Waals surface area contributed by atoms with Crippen molar-refractivity contribution >= 4 is 23.2 Å². The van der Waals surface area contributed by atoms with Gasteiger partial charge >= 0.3 is 0 Å². The van der Waals surface area contributed by atoms with Crippen molar-refractivity contribution in [3.05, 3.63) is 57.8 Å². The highest BCUT2D eigenvalue weighted by Gasteiger charge is 2.11. The highest BCUT2D eigenvalue weighted by Crippen LogP contribution is 2.11. The monoisotopic (exact) mass is 385 g/mol. The van der Waals surface area contributed by atoms with Crippen LogP contribution in [0.1, 0.15) is 40.1 Å². The first kappa shape index (κ1) is 19.6. The van der Waals surface area contributed by atoms with Crippen LogP contribution in [-0.4, -0.2) is 42.9 Å². The number of amides is 2. The van der Waals surface area contributed by atoms with Crippen LogP contribution in [0.4, 0.5) is 0 Å². The second kappa shape index (κ2) is 10.2. The quantitative estimate of drug-likeness (QED) is 0.698. The zero-order valence-electron chi connectivity index (χ0n) is 15.6. The zero-order valence-corrected chi connectivity index (χ0v) is 16.4. The summed E-state index contributed by atoms with van der Waals surface area (Å²) >= 11 is 1.68. The Labute approximate surface area is 164 Å². The van der Waals surface area contributed by atoms with Crippen molar-refractivity contribution in [2.75, 3.05) is 26.2 Å². The molecule has 0 radical (unpaired) electrons. The molecular formula is C21H27N3O2S. The molecule has 0 unspecified atom stereocenters. The number of nitrogens with one attached hydrogen (secondary N) is 2. The number of aryl methyl sites for hydroxylation is 1. The molecule has 5 nitrogen and oxygen atoms in total. The topological polar surface area (TPSA) is 61.4 Å². The number of likely N-dealkylation sites (tertiary alicyclic amines) is 1. The molecule has 1 fully saturated rings. The van der Waals surface area contributed by atoms with Crippen LogP contribution in [0.15, 0.2) is 41.8 Å². The van der Waals surface area contributed by atoms with Crippen molar-refractivity contribution in [2.24, 2.45) is 0 Å². The van der Waals surface area contributed by atoms with E-state index in [2.05, 4.69) is 15.5 Å². The van der Waals surface area contributed by atoms with Gasteiger partial charge in [0.2, 0.25) is 5.91 Å². The summed E-state index contributed by atoms with van der Waals surface area (Å²) in [5, 5.41) is 7.94.